The molecule has 0 aliphatic carbocycles. The van der Waals surface area contributed by atoms with E-state index < -0.39 is 6.10 Å². The molecule has 15 heavy (non-hydrogen) atoms. The van der Waals surface area contributed by atoms with Gasteiger partial charge >= 0.3 is 6.01 Å². The van der Waals surface area contributed by atoms with E-state index in [1.165, 1.54) is 0 Å². The minimum Gasteiger partial charge on any atom is -0.380 e. The second kappa shape index (κ2) is 4.00. The van der Waals surface area contributed by atoms with Gasteiger partial charge < -0.3 is 15.4 Å². The molecular weight excluding hydrogens is 262 g/mol. The van der Waals surface area contributed by atoms with Crippen LogP contribution in [-0.4, -0.2) is 15.2 Å². The standard InChI is InChI=1S/C9H8BrN3O2/c10-6-3-1-5(2-4-6)7(14)8-12-9(11)15-13-8/h1-4,7,14H,(H2,11,12,13). The first-order valence-electron chi connectivity index (χ1n) is 4.19. The summed E-state index contributed by atoms with van der Waals surface area (Å²) in [7, 11) is 0. The van der Waals surface area contributed by atoms with E-state index in [0.29, 0.717) is 5.56 Å². The van der Waals surface area contributed by atoms with Gasteiger partial charge in [0.05, 0.1) is 0 Å². The van der Waals surface area contributed by atoms with Gasteiger partial charge in [0.1, 0.15) is 6.10 Å². The van der Waals surface area contributed by atoms with Gasteiger partial charge in [-0.05, 0) is 17.7 Å². The first-order chi connectivity index (χ1) is 7.16. The number of anilines is 1. The molecule has 0 saturated carbocycles. The Morgan fingerprint density at radius 2 is 2.00 bits per heavy atom. The molecule has 0 aliphatic rings. The van der Waals surface area contributed by atoms with Crippen LogP contribution in [-0.2, 0) is 0 Å². The number of nitrogen functional groups attached to an aromatic ring is 1. The first kappa shape index (κ1) is 10.1. The molecule has 1 aromatic carbocycles. The zero-order valence-electron chi connectivity index (χ0n) is 7.59. The highest BCUT2D eigenvalue weighted by atomic mass is 79.9. The molecule has 1 atom stereocenters. The summed E-state index contributed by atoms with van der Waals surface area (Å²) in [6.07, 6.45) is -0.917. The Morgan fingerprint density at radius 1 is 1.33 bits per heavy atom. The maximum atomic E-state index is 9.84. The number of hydrogen-bond donors (Lipinski definition) is 2. The van der Waals surface area contributed by atoms with Crippen molar-refractivity contribution in [2.24, 2.45) is 0 Å². The summed E-state index contributed by atoms with van der Waals surface area (Å²) >= 11 is 3.30. The SMILES string of the molecule is Nc1nc(C(O)c2ccc(Br)cc2)no1. The van der Waals surface area contributed by atoms with Gasteiger partial charge in [0, 0.05) is 4.47 Å². The predicted molar refractivity (Wildman–Crippen MR) is 56.9 cm³/mol. The molecule has 6 heteroatoms. The highest BCUT2D eigenvalue weighted by molar-refractivity contribution is 9.10. The van der Waals surface area contributed by atoms with Gasteiger partial charge in [-0.2, -0.15) is 4.98 Å². The van der Waals surface area contributed by atoms with Crippen molar-refractivity contribution in [2.45, 2.75) is 6.10 Å². The van der Waals surface area contributed by atoms with E-state index in [2.05, 4.69) is 30.6 Å². The first-order valence-corrected chi connectivity index (χ1v) is 4.99. The summed E-state index contributed by atoms with van der Waals surface area (Å²) in [5, 5.41) is 13.4. The summed E-state index contributed by atoms with van der Waals surface area (Å²) in [4.78, 5) is 3.75. The molecule has 78 valence electrons. The van der Waals surface area contributed by atoms with Crippen LogP contribution in [0.15, 0.2) is 33.3 Å². The molecule has 5 nitrogen and oxygen atoms in total. The van der Waals surface area contributed by atoms with E-state index in [1.807, 2.05) is 12.1 Å². The summed E-state index contributed by atoms with van der Waals surface area (Å²) in [5.41, 5.74) is 5.94. The lowest BCUT2D eigenvalue weighted by molar-refractivity contribution is 0.204. The maximum absolute atomic E-state index is 9.84. The van der Waals surface area contributed by atoms with Crippen LogP contribution in [0.3, 0.4) is 0 Å². The lowest BCUT2D eigenvalue weighted by Gasteiger charge is -2.05. The number of hydrogen-bond acceptors (Lipinski definition) is 5. The normalized spacial score (nSPS) is 12.7. The molecule has 0 bridgehead atoms. The number of halogens is 1. The Balaban J connectivity index is 2.28. The van der Waals surface area contributed by atoms with Crippen LogP contribution in [0.5, 0.6) is 0 Å². The summed E-state index contributed by atoms with van der Waals surface area (Å²) in [5.74, 6) is 0.162. The van der Waals surface area contributed by atoms with Gasteiger partial charge in [0.2, 0.25) is 5.82 Å². The maximum Gasteiger partial charge on any atom is 0.318 e. The van der Waals surface area contributed by atoms with Crippen molar-refractivity contribution in [2.75, 3.05) is 5.73 Å². The smallest absolute Gasteiger partial charge is 0.318 e. The predicted octanol–water partition coefficient (Wildman–Crippen LogP) is 1.50. The molecule has 2 rings (SSSR count). The number of aliphatic hydroxyl groups is 1. The topological polar surface area (TPSA) is 85.2 Å². The third-order valence-corrected chi connectivity index (χ3v) is 2.42. The van der Waals surface area contributed by atoms with Crippen LogP contribution in [0.4, 0.5) is 6.01 Å². The van der Waals surface area contributed by atoms with Crippen molar-refractivity contribution in [1.82, 2.24) is 10.1 Å². The van der Waals surface area contributed by atoms with E-state index in [4.69, 9.17) is 5.73 Å². The fourth-order valence-corrected chi connectivity index (χ4v) is 1.42. The average molecular weight is 270 g/mol. The zero-order valence-corrected chi connectivity index (χ0v) is 9.18. The fraction of sp³-hybridized carbons (Fsp3) is 0.111. The molecule has 0 spiro atoms. The van der Waals surface area contributed by atoms with Crippen molar-refractivity contribution in [1.29, 1.82) is 0 Å². The molecule has 0 radical (unpaired) electrons. The molecule has 0 fully saturated rings. The van der Waals surface area contributed by atoms with Gasteiger partial charge in [-0.25, -0.2) is 0 Å². The van der Waals surface area contributed by atoms with Crippen LogP contribution >= 0.6 is 15.9 Å². The zero-order chi connectivity index (χ0) is 10.8. The van der Waals surface area contributed by atoms with Crippen LogP contribution in [0.25, 0.3) is 0 Å². The number of aromatic nitrogens is 2. The Morgan fingerprint density at radius 3 is 2.53 bits per heavy atom. The quantitative estimate of drug-likeness (QED) is 0.863. The van der Waals surface area contributed by atoms with E-state index in [-0.39, 0.29) is 11.8 Å². The molecule has 1 unspecified atom stereocenters. The second-order valence-corrected chi connectivity index (χ2v) is 3.86. The molecule has 1 heterocycles. The Labute approximate surface area is 94.0 Å². The van der Waals surface area contributed by atoms with Crippen molar-refractivity contribution in [3.05, 3.63) is 40.1 Å². The van der Waals surface area contributed by atoms with Crippen molar-refractivity contribution < 1.29 is 9.63 Å². The van der Waals surface area contributed by atoms with E-state index >= 15 is 0 Å². The van der Waals surface area contributed by atoms with Gasteiger partial charge in [0.15, 0.2) is 0 Å². The van der Waals surface area contributed by atoms with Crippen molar-refractivity contribution in [3.63, 3.8) is 0 Å². The molecule has 1 aromatic heterocycles. The van der Waals surface area contributed by atoms with Crippen LogP contribution < -0.4 is 5.73 Å². The minimum absolute atomic E-state index is 0.0545. The van der Waals surface area contributed by atoms with Crippen LogP contribution in [0, 0.1) is 0 Å². The van der Waals surface area contributed by atoms with E-state index in [9.17, 15) is 5.11 Å². The summed E-state index contributed by atoms with van der Waals surface area (Å²) in [6, 6.07) is 7.12. The Bertz CT molecular complexity index is 455. The Hall–Kier alpha value is -1.40. The second-order valence-electron chi connectivity index (χ2n) is 2.94. The van der Waals surface area contributed by atoms with Gasteiger partial charge in [-0.1, -0.05) is 33.2 Å². The summed E-state index contributed by atoms with van der Waals surface area (Å²) in [6.45, 7) is 0. The van der Waals surface area contributed by atoms with E-state index in [1.54, 1.807) is 12.1 Å². The molecule has 0 saturated heterocycles. The third kappa shape index (κ3) is 2.16. The highest BCUT2D eigenvalue weighted by Gasteiger charge is 2.16. The van der Waals surface area contributed by atoms with Crippen molar-refractivity contribution in [3.8, 4) is 0 Å². The minimum atomic E-state index is -0.917. The third-order valence-electron chi connectivity index (χ3n) is 1.89. The molecular formula is C9H8BrN3O2. The highest BCUT2D eigenvalue weighted by Crippen LogP contribution is 2.21. The van der Waals surface area contributed by atoms with E-state index in [0.717, 1.165) is 4.47 Å². The fourth-order valence-electron chi connectivity index (χ4n) is 1.15. The van der Waals surface area contributed by atoms with Gasteiger partial charge in [-0.3, -0.25) is 0 Å². The number of nitrogens with zero attached hydrogens (tertiary/aromatic N) is 2. The van der Waals surface area contributed by atoms with Crippen LogP contribution in [0.2, 0.25) is 0 Å². The average Bonchev–Trinajstić information content (AvgIpc) is 2.65. The van der Waals surface area contributed by atoms with Gasteiger partial charge in [0.25, 0.3) is 0 Å². The van der Waals surface area contributed by atoms with Crippen molar-refractivity contribution >= 4 is 21.9 Å². The van der Waals surface area contributed by atoms with Crippen LogP contribution in [0.1, 0.15) is 17.5 Å². The Kier molecular flexibility index (Phi) is 2.70. The summed E-state index contributed by atoms with van der Waals surface area (Å²) < 4.78 is 5.51. The monoisotopic (exact) mass is 269 g/mol. The lowest BCUT2D eigenvalue weighted by atomic mass is 10.1. The largest absolute Gasteiger partial charge is 0.380 e. The molecule has 3 N–H and O–H groups in total. The molecule has 0 aliphatic heterocycles. The number of nitrogens with two attached hydrogens (primary N) is 1. The van der Waals surface area contributed by atoms with Gasteiger partial charge in [-0.15, -0.1) is 0 Å². The number of aliphatic hydroxyl groups excluding tert-OH is 1. The molecule has 2 aromatic rings. The lowest BCUT2D eigenvalue weighted by Crippen LogP contribution is -2.01. The molecule has 0 amide bonds. The number of benzene rings is 1. The number of rotatable bonds is 2.